The van der Waals surface area contributed by atoms with E-state index < -0.39 is 0 Å². The van der Waals surface area contributed by atoms with Crippen molar-refractivity contribution in [1.29, 1.82) is 0 Å². The molecule has 0 aliphatic heterocycles. The fraction of sp³-hybridized carbons (Fsp3) is 0.500. The molecule has 8 heteroatoms. The van der Waals surface area contributed by atoms with Gasteiger partial charge in [-0.3, -0.25) is 4.79 Å². The van der Waals surface area contributed by atoms with Crippen molar-refractivity contribution in [3.63, 3.8) is 0 Å². The van der Waals surface area contributed by atoms with E-state index >= 15 is 0 Å². The zero-order valence-electron chi connectivity index (χ0n) is 12.0. The van der Waals surface area contributed by atoms with Crippen LogP contribution in [0.1, 0.15) is 20.8 Å². The van der Waals surface area contributed by atoms with Crippen LogP contribution in [-0.2, 0) is 4.79 Å². The lowest BCUT2D eigenvalue weighted by molar-refractivity contribution is -0.120. The van der Waals surface area contributed by atoms with Crippen molar-refractivity contribution >= 4 is 28.8 Å². The van der Waals surface area contributed by atoms with Crippen LogP contribution >= 0.6 is 0 Å². The quantitative estimate of drug-likeness (QED) is 0.656. The Bertz CT molecular complexity index is 614. The minimum Gasteiger partial charge on any atom is -0.359 e. The van der Waals surface area contributed by atoms with Crippen LogP contribution in [0.15, 0.2) is 6.33 Å². The highest BCUT2D eigenvalue weighted by Crippen LogP contribution is 2.17. The number of nitrogens with one attached hydrogen (secondary N) is 4. The van der Waals surface area contributed by atoms with Gasteiger partial charge in [-0.05, 0) is 20.8 Å². The fourth-order valence-electron chi connectivity index (χ4n) is 1.70. The Balaban J connectivity index is 2.13. The molecule has 2 rings (SSSR count). The van der Waals surface area contributed by atoms with Gasteiger partial charge in [0.15, 0.2) is 11.5 Å². The van der Waals surface area contributed by atoms with Crippen LogP contribution in [0.25, 0.3) is 11.2 Å². The highest BCUT2D eigenvalue weighted by molar-refractivity contribution is 5.87. The maximum atomic E-state index is 11.8. The maximum absolute atomic E-state index is 11.8. The Kier molecular flexibility index (Phi) is 3.73. The zero-order valence-corrected chi connectivity index (χ0v) is 12.0. The monoisotopic (exact) mass is 277 g/mol. The summed E-state index contributed by atoms with van der Waals surface area (Å²) in [5.41, 5.74) is 0.958. The van der Waals surface area contributed by atoms with E-state index in [1.54, 1.807) is 13.4 Å². The van der Waals surface area contributed by atoms with Crippen LogP contribution in [0, 0.1) is 0 Å². The van der Waals surface area contributed by atoms with Crippen molar-refractivity contribution in [1.82, 2.24) is 25.3 Å². The van der Waals surface area contributed by atoms with Crippen molar-refractivity contribution in [2.75, 3.05) is 24.2 Å². The SMILES string of the molecule is CNc1nc(NCC(=O)NC(C)(C)C)c2[nH]cnc2n1. The molecule has 4 N–H and O–H groups in total. The second kappa shape index (κ2) is 5.32. The maximum Gasteiger partial charge on any atom is 0.239 e. The first-order chi connectivity index (χ1) is 9.39. The Labute approximate surface area is 116 Å². The summed E-state index contributed by atoms with van der Waals surface area (Å²) in [4.78, 5) is 27.3. The number of aromatic amines is 1. The molecule has 0 saturated heterocycles. The number of anilines is 2. The van der Waals surface area contributed by atoms with Gasteiger partial charge in [0.05, 0.1) is 12.9 Å². The van der Waals surface area contributed by atoms with E-state index in [1.165, 1.54) is 0 Å². The molecule has 20 heavy (non-hydrogen) atoms. The summed E-state index contributed by atoms with van der Waals surface area (Å²) in [7, 11) is 1.73. The van der Waals surface area contributed by atoms with E-state index in [0.29, 0.717) is 22.9 Å². The zero-order chi connectivity index (χ0) is 14.8. The number of imidazole rings is 1. The second-order valence-corrected chi connectivity index (χ2v) is 5.40. The van der Waals surface area contributed by atoms with Crippen molar-refractivity contribution < 1.29 is 4.79 Å². The van der Waals surface area contributed by atoms with Gasteiger partial charge in [0.1, 0.15) is 5.52 Å². The van der Waals surface area contributed by atoms with Gasteiger partial charge in [-0.2, -0.15) is 9.97 Å². The van der Waals surface area contributed by atoms with Crippen LogP contribution in [0.2, 0.25) is 0 Å². The van der Waals surface area contributed by atoms with Gasteiger partial charge in [-0.1, -0.05) is 0 Å². The number of carbonyl (C=O) groups is 1. The first-order valence-electron chi connectivity index (χ1n) is 6.33. The number of rotatable bonds is 4. The van der Waals surface area contributed by atoms with Gasteiger partial charge in [-0.25, -0.2) is 4.98 Å². The Morgan fingerprint density at radius 3 is 2.75 bits per heavy atom. The summed E-state index contributed by atoms with van der Waals surface area (Å²) in [5, 5.41) is 8.73. The topological polar surface area (TPSA) is 108 Å². The third kappa shape index (κ3) is 3.34. The molecule has 0 aliphatic rings. The van der Waals surface area contributed by atoms with Crippen LogP contribution in [0.5, 0.6) is 0 Å². The molecule has 2 aromatic heterocycles. The fourth-order valence-corrected chi connectivity index (χ4v) is 1.70. The highest BCUT2D eigenvalue weighted by atomic mass is 16.2. The van der Waals surface area contributed by atoms with E-state index in [0.717, 1.165) is 0 Å². The summed E-state index contributed by atoms with van der Waals surface area (Å²) in [6, 6.07) is 0. The van der Waals surface area contributed by atoms with Crippen molar-refractivity contribution in [2.45, 2.75) is 26.3 Å². The van der Waals surface area contributed by atoms with E-state index in [-0.39, 0.29) is 18.0 Å². The number of amides is 1. The van der Waals surface area contributed by atoms with Crippen LogP contribution in [-0.4, -0.2) is 45.0 Å². The molecule has 0 radical (unpaired) electrons. The standard InChI is InChI=1S/C12H19N7O/c1-12(2,3)19-7(20)5-14-9-8-10(16-6-15-8)18-11(13-4)17-9/h6H,5H2,1-4H3,(H,19,20)(H3,13,14,15,16,17,18). The normalized spacial score (nSPS) is 11.4. The smallest absolute Gasteiger partial charge is 0.239 e. The molecule has 2 heterocycles. The third-order valence-electron chi connectivity index (χ3n) is 2.44. The average molecular weight is 277 g/mol. The van der Waals surface area contributed by atoms with E-state index in [2.05, 4.69) is 35.9 Å². The average Bonchev–Trinajstić information content (AvgIpc) is 2.81. The van der Waals surface area contributed by atoms with Gasteiger partial charge in [0.25, 0.3) is 0 Å². The molecule has 0 bridgehead atoms. The first-order valence-corrected chi connectivity index (χ1v) is 6.33. The second-order valence-electron chi connectivity index (χ2n) is 5.40. The molecule has 0 aliphatic carbocycles. The van der Waals surface area contributed by atoms with E-state index in [4.69, 9.17) is 0 Å². The largest absolute Gasteiger partial charge is 0.359 e. The molecule has 108 valence electrons. The number of H-pyrrole nitrogens is 1. The van der Waals surface area contributed by atoms with Crippen molar-refractivity contribution in [3.05, 3.63) is 6.33 Å². The van der Waals surface area contributed by atoms with Gasteiger partial charge in [-0.15, -0.1) is 0 Å². The van der Waals surface area contributed by atoms with Gasteiger partial charge < -0.3 is 20.9 Å². The molecule has 0 aromatic carbocycles. The predicted octanol–water partition coefficient (Wildman–Crippen LogP) is 0.721. The molecule has 0 unspecified atom stereocenters. The summed E-state index contributed by atoms with van der Waals surface area (Å²) in [6.07, 6.45) is 1.54. The lowest BCUT2D eigenvalue weighted by Gasteiger charge is -2.20. The highest BCUT2D eigenvalue weighted by Gasteiger charge is 2.15. The van der Waals surface area contributed by atoms with Crippen molar-refractivity contribution in [3.8, 4) is 0 Å². The van der Waals surface area contributed by atoms with Gasteiger partial charge >= 0.3 is 0 Å². The van der Waals surface area contributed by atoms with Crippen molar-refractivity contribution in [2.24, 2.45) is 0 Å². The number of fused-ring (bicyclic) bond motifs is 1. The molecular formula is C12H19N7O. The number of hydrogen-bond acceptors (Lipinski definition) is 6. The molecule has 0 fully saturated rings. The Hall–Kier alpha value is -2.38. The van der Waals surface area contributed by atoms with Crippen LogP contribution < -0.4 is 16.0 Å². The number of carbonyl (C=O) groups excluding carboxylic acids is 1. The summed E-state index contributed by atoms with van der Waals surface area (Å²) in [5.74, 6) is 0.888. The lowest BCUT2D eigenvalue weighted by Crippen LogP contribution is -2.43. The van der Waals surface area contributed by atoms with Crippen LogP contribution in [0.4, 0.5) is 11.8 Å². The minimum atomic E-state index is -0.260. The molecule has 0 spiro atoms. The summed E-state index contributed by atoms with van der Waals surface area (Å²) < 4.78 is 0. The van der Waals surface area contributed by atoms with Crippen LogP contribution in [0.3, 0.4) is 0 Å². The molecule has 1 amide bonds. The molecule has 2 aromatic rings. The third-order valence-corrected chi connectivity index (χ3v) is 2.44. The molecular weight excluding hydrogens is 258 g/mol. The number of aromatic nitrogens is 4. The molecule has 0 saturated carbocycles. The first kappa shape index (κ1) is 14.0. The summed E-state index contributed by atoms with van der Waals surface area (Å²) >= 11 is 0. The summed E-state index contributed by atoms with van der Waals surface area (Å²) in [6.45, 7) is 5.93. The van der Waals surface area contributed by atoms with E-state index in [9.17, 15) is 4.79 Å². The lowest BCUT2D eigenvalue weighted by atomic mass is 10.1. The Morgan fingerprint density at radius 1 is 1.35 bits per heavy atom. The minimum absolute atomic E-state index is 0.102. The number of nitrogens with zero attached hydrogens (tertiary/aromatic N) is 3. The van der Waals surface area contributed by atoms with Gasteiger partial charge in [0.2, 0.25) is 11.9 Å². The predicted molar refractivity (Wildman–Crippen MR) is 77.6 cm³/mol. The van der Waals surface area contributed by atoms with Gasteiger partial charge in [0, 0.05) is 12.6 Å². The Morgan fingerprint density at radius 2 is 2.10 bits per heavy atom. The molecule has 8 nitrogen and oxygen atoms in total. The van der Waals surface area contributed by atoms with E-state index in [1.807, 2.05) is 20.8 Å². The molecule has 0 atom stereocenters. The number of hydrogen-bond donors (Lipinski definition) is 4.